The van der Waals surface area contributed by atoms with Gasteiger partial charge in [-0.15, -0.1) is 0 Å². The molecule has 0 aliphatic heterocycles. The van der Waals surface area contributed by atoms with E-state index >= 15 is 0 Å². The van der Waals surface area contributed by atoms with E-state index in [0.29, 0.717) is 33.1 Å². The van der Waals surface area contributed by atoms with Gasteiger partial charge in [-0.05, 0) is 42.8 Å². The lowest BCUT2D eigenvalue weighted by Gasteiger charge is -2.12. The van der Waals surface area contributed by atoms with Crippen LogP contribution < -0.4 is 10.1 Å². The Balaban J connectivity index is 2.27. The third kappa shape index (κ3) is 3.63. The second-order valence-corrected chi connectivity index (χ2v) is 5.18. The van der Waals surface area contributed by atoms with Crippen LogP contribution in [0.25, 0.3) is 0 Å². The Labute approximate surface area is 139 Å². The maximum Gasteiger partial charge on any atom is 0.338 e. The Morgan fingerprint density at radius 3 is 2.48 bits per heavy atom. The van der Waals surface area contributed by atoms with Crippen LogP contribution >= 0.6 is 11.6 Å². The maximum atomic E-state index is 12.3. The van der Waals surface area contributed by atoms with Crippen molar-refractivity contribution in [2.45, 2.75) is 6.92 Å². The average Bonchev–Trinajstić information content (AvgIpc) is 2.55. The van der Waals surface area contributed by atoms with Gasteiger partial charge in [0, 0.05) is 11.3 Å². The van der Waals surface area contributed by atoms with E-state index in [4.69, 9.17) is 21.1 Å². The molecule has 2 aromatic carbocycles. The van der Waals surface area contributed by atoms with Gasteiger partial charge in [0.2, 0.25) is 0 Å². The standard InChI is InChI=1S/C17H16ClNO4/c1-10-12(17(21)23-3)5-4-6-14(10)19-16(20)11-7-8-15(22-2)13(18)9-11/h4-9H,1-3H3,(H,19,20). The number of halogens is 1. The van der Waals surface area contributed by atoms with Gasteiger partial charge in [-0.1, -0.05) is 17.7 Å². The van der Waals surface area contributed by atoms with Gasteiger partial charge >= 0.3 is 5.97 Å². The maximum absolute atomic E-state index is 12.3. The van der Waals surface area contributed by atoms with E-state index in [1.807, 2.05) is 0 Å². The molecular weight excluding hydrogens is 318 g/mol. The van der Waals surface area contributed by atoms with Crippen molar-refractivity contribution in [2.75, 3.05) is 19.5 Å². The molecule has 1 N–H and O–H groups in total. The van der Waals surface area contributed by atoms with E-state index in [-0.39, 0.29) is 5.91 Å². The van der Waals surface area contributed by atoms with Crippen molar-refractivity contribution in [3.63, 3.8) is 0 Å². The molecule has 0 atom stereocenters. The molecule has 0 saturated heterocycles. The highest BCUT2D eigenvalue weighted by Gasteiger charge is 2.15. The first-order chi connectivity index (χ1) is 11.0. The number of carbonyl (C=O) groups excluding carboxylic acids is 2. The summed E-state index contributed by atoms with van der Waals surface area (Å²) in [6.45, 7) is 1.74. The molecule has 5 nitrogen and oxygen atoms in total. The third-order valence-corrected chi connectivity index (χ3v) is 3.70. The quantitative estimate of drug-likeness (QED) is 0.866. The number of esters is 1. The van der Waals surface area contributed by atoms with Crippen LogP contribution in [0.5, 0.6) is 5.75 Å². The van der Waals surface area contributed by atoms with Crippen molar-refractivity contribution in [3.8, 4) is 5.75 Å². The zero-order valence-electron chi connectivity index (χ0n) is 13.0. The Morgan fingerprint density at radius 2 is 1.87 bits per heavy atom. The molecule has 0 aliphatic carbocycles. The Morgan fingerprint density at radius 1 is 1.13 bits per heavy atom. The molecule has 0 fully saturated rings. The Bertz CT molecular complexity index is 758. The van der Waals surface area contributed by atoms with Gasteiger partial charge in [-0.3, -0.25) is 4.79 Å². The van der Waals surface area contributed by atoms with E-state index in [2.05, 4.69) is 5.32 Å². The largest absolute Gasteiger partial charge is 0.495 e. The Hall–Kier alpha value is -2.53. The first-order valence-corrected chi connectivity index (χ1v) is 7.18. The number of nitrogens with one attached hydrogen (secondary N) is 1. The second kappa shape index (κ2) is 7.15. The molecule has 2 rings (SSSR count). The van der Waals surface area contributed by atoms with Crippen molar-refractivity contribution in [1.29, 1.82) is 0 Å². The predicted molar refractivity (Wildman–Crippen MR) is 88.5 cm³/mol. The molecule has 0 unspecified atom stereocenters. The van der Waals surface area contributed by atoms with Gasteiger partial charge in [0.1, 0.15) is 5.75 Å². The van der Waals surface area contributed by atoms with Crippen LogP contribution in [0.2, 0.25) is 5.02 Å². The zero-order chi connectivity index (χ0) is 17.0. The summed E-state index contributed by atoms with van der Waals surface area (Å²) in [6.07, 6.45) is 0. The van der Waals surface area contributed by atoms with Crippen LogP contribution in [0.4, 0.5) is 5.69 Å². The molecule has 23 heavy (non-hydrogen) atoms. The van der Waals surface area contributed by atoms with Crippen molar-refractivity contribution >= 4 is 29.2 Å². The topological polar surface area (TPSA) is 64.6 Å². The van der Waals surface area contributed by atoms with Gasteiger partial charge < -0.3 is 14.8 Å². The highest BCUT2D eigenvalue weighted by atomic mass is 35.5. The number of benzene rings is 2. The van der Waals surface area contributed by atoms with Crippen molar-refractivity contribution in [2.24, 2.45) is 0 Å². The van der Waals surface area contributed by atoms with Crippen LogP contribution in [-0.4, -0.2) is 26.1 Å². The number of methoxy groups -OCH3 is 2. The highest BCUT2D eigenvalue weighted by molar-refractivity contribution is 6.32. The van der Waals surface area contributed by atoms with Gasteiger partial charge in [0.15, 0.2) is 0 Å². The minimum atomic E-state index is -0.453. The van der Waals surface area contributed by atoms with E-state index in [1.165, 1.54) is 20.3 Å². The van der Waals surface area contributed by atoms with E-state index in [0.717, 1.165) is 0 Å². The smallest absolute Gasteiger partial charge is 0.338 e. The minimum absolute atomic E-state index is 0.334. The van der Waals surface area contributed by atoms with Gasteiger partial charge in [-0.25, -0.2) is 4.79 Å². The number of hydrogen-bond acceptors (Lipinski definition) is 4. The summed E-state index contributed by atoms with van der Waals surface area (Å²) >= 11 is 6.03. The fourth-order valence-corrected chi connectivity index (χ4v) is 2.36. The Kier molecular flexibility index (Phi) is 5.24. The van der Waals surface area contributed by atoms with Gasteiger partial charge in [0.05, 0.1) is 24.8 Å². The summed E-state index contributed by atoms with van der Waals surface area (Å²) < 4.78 is 9.78. The first-order valence-electron chi connectivity index (χ1n) is 6.80. The van der Waals surface area contributed by atoms with Crippen molar-refractivity contribution in [3.05, 3.63) is 58.1 Å². The van der Waals surface area contributed by atoms with E-state index in [9.17, 15) is 9.59 Å². The van der Waals surface area contributed by atoms with Crippen LogP contribution in [0.15, 0.2) is 36.4 Å². The van der Waals surface area contributed by atoms with Gasteiger partial charge in [0.25, 0.3) is 5.91 Å². The number of rotatable bonds is 4. The number of amides is 1. The molecule has 120 valence electrons. The van der Waals surface area contributed by atoms with Crippen molar-refractivity contribution in [1.82, 2.24) is 0 Å². The van der Waals surface area contributed by atoms with Crippen LogP contribution in [0, 0.1) is 6.92 Å². The number of hydrogen-bond donors (Lipinski definition) is 1. The fourth-order valence-electron chi connectivity index (χ4n) is 2.10. The molecule has 0 radical (unpaired) electrons. The number of ether oxygens (including phenoxy) is 2. The normalized spacial score (nSPS) is 10.1. The molecular formula is C17H16ClNO4. The summed E-state index contributed by atoms with van der Waals surface area (Å²) in [5.74, 6) is -0.294. The summed E-state index contributed by atoms with van der Waals surface area (Å²) in [7, 11) is 2.81. The van der Waals surface area contributed by atoms with Crippen molar-refractivity contribution < 1.29 is 19.1 Å². The van der Waals surface area contributed by atoms with Crippen LogP contribution in [0.1, 0.15) is 26.3 Å². The predicted octanol–water partition coefficient (Wildman–Crippen LogP) is 3.70. The minimum Gasteiger partial charge on any atom is -0.495 e. The summed E-state index contributed by atoms with van der Waals surface area (Å²) in [4.78, 5) is 24.0. The molecule has 0 spiro atoms. The average molecular weight is 334 g/mol. The van der Waals surface area contributed by atoms with Crippen LogP contribution in [-0.2, 0) is 4.74 Å². The zero-order valence-corrected chi connectivity index (χ0v) is 13.7. The molecule has 0 heterocycles. The monoisotopic (exact) mass is 333 g/mol. The molecule has 0 bridgehead atoms. The summed E-state index contributed by atoms with van der Waals surface area (Å²) in [6, 6.07) is 9.78. The molecule has 0 saturated carbocycles. The lowest BCUT2D eigenvalue weighted by molar-refractivity contribution is 0.0599. The highest BCUT2D eigenvalue weighted by Crippen LogP contribution is 2.26. The van der Waals surface area contributed by atoms with E-state index < -0.39 is 5.97 Å². The molecule has 1 amide bonds. The molecule has 2 aromatic rings. The summed E-state index contributed by atoms with van der Waals surface area (Å²) in [5.41, 5.74) is 1.95. The SMILES string of the molecule is COC(=O)c1cccc(NC(=O)c2ccc(OC)c(Cl)c2)c1C. The lowest BCUT2D eigenvalue weighted by Crippen LogP contribution is -2.14. The summed E-state index contributed by atoms with van der Waals surface area (Å²) in [5, 5.41) is 3.11. The molecule has 0 aromatic heterocycles. The van der Waals surface area contributed by atoms with E-state index in [1.54, 1.807) is 37.3 Å². The number of carbonyl (C=O) groups is 2. The van der Waals surface area contributed by atoms with Crippen LogP contribution in [0.3, 0.4) is 0 Å². The molecule has 6 heteroatoms. The van der Waals surface area contributed by atoms with Gasteiger partial charge in [-0.2, -0.15) is 0 Å². The number of anilines is 1. The molecule has 0 aliphatic rings. The first kappa shape index (κ1) is 16.8. The third-order valence-electron chi connectivity index (χ3n) is 3.40. The second-order valence-electron chi connectivity index (χ2n) is 4.77. The lowest BCUT2D eigenvalue weighted by atomic mass is 10.1. The fraction of sp³-hybridized carbons (Fsp3) is 0.176.